The monoisotopic (exact) mass is 263 g/mol. The summed E-state index contributed by atoms with van der Waals surface area (Å²) in [7, 11) is 1.56. The Morgan fingerprint density at radius 3 is 2.84 bits per heavy atom. The predicted molar refractivity (Wildman–Crippen MR) is 66.6 cm³/mol. The fourth-order valence-electron chi connectivity index (χ4n) is 1.69. The zero-order valence-electron chi connectivity index (χ0n) is 10.3. The van der Waals surface area contributed by atoms with E-state index >= 15 is 0 Å². The van der Waals surface area contributed by atoms with Gasteiger partial charge in [0.05, 0.1) is 19.8 Å². The number of fused-ring (bicyclic) bond motifs is 1. The number of esters is 1. The molecule has 0 aliphatic rings. The molecule has 1 aromatic heterocycles. The Kier molecular flexibility index (Phi) is 3.70. The van der Waals surface area contributed by atoms with Crippen LogP contribution in [0.15, 0.2) is 28.9 Å². The van der Waals surface area contributed by atoms with Crippen LogP contribution in [0.4, 0.5) is 0 Å². The van der Waals surface area contributed by atoms with E-state index in [1.807, 2.05) is 0 Å². The summed E-state index contributed by atoms with van der Waals surface area (Å²) in [5.74, 6) is -0.544. The molecule has 0 bridgehead atoms. The second-order valence-electron chi connectivity index (χ2n) is 3.93. The van der Waals surface area contributed by atoms with Crippen molar-refractivity contribution in [3.63, 3.8) is 0 Å². The number of hydrogen-bond acceptors (Lipinski definition) is 5. The molecule has 1 aromatic carbocycles. The average molecular weight is 263 g/mol. The van der Waals surface area contributed by atoms with Crippen molar-refractivity contribution in [2.75, 3.05) is 13.7 Å². The average Bonchev–Trinajstić information content (AvgIpc) is 2.78. The van der Waals surface area contributed by atoms with Crippen molar-refractivity contribution < 1.29 is 23.5 Å². The van der Waals surface area contributed by atoms with E-state index in [1.165, 1.54) is 6.26 Å². The molecule has 2 N–H and O–H groups in total. The lowest BCUT2D eigenvalue weighted by Crippen LogP contribution is -2.21. The molecule has 1 heterocycles. The number of carbonyl (C=O) groups is 2. The number of primary amides is 1. The van der Waals surface area contributed by atoms with Crippen LogP contribution < -0.4 is 10.5 Å². The highest BCUT2D eigenvalue weighted by molar-refractivity contribution is 5.87. The quantitative estimate of drug-likeness (QED) is 0.813. The molecule has 19 heavy (non-hydrogen) atoms. The summed E-state index contributed by atoms with van der Waals surface area (Å²) in [6, 6.07) is 5.30. The zero-order chi connectivity index (χ0) is 13.8. The van der Waals surface area contributed by atoms with Gasteiger partial charge in [0.15, 0.2) is 6.61 Å². The molecule has 2 aromatic rings. The summed E-state index contributed by atoms with van der Waals surface area (Å²) in [6.07, 6.45) is 1.50. The van der Waals surface area contributed by atoms with Gasteiger partial charge >= 0.3 is 5.97 Å². The van der Waals surface area contributed by atoms with Crippen molar-refractivity contribution in [3.05, 3.63) is 30.0 Å². The third kappa shape index (κ3) is 3.04. The first-order valence-electron chi connectivity index (χ1n) is 5.58. The first-order chi connectivity index (χ1) is 9.10. The van der Waals surface area contributed by atoms with Crippen LogP contribution in [-0.4, -0.2) is 25.6 Å². The molecule has 0 atom stereocenters. The molecule has 0 spiro atoms. The van der Waals surface area contributed by atoms with E-state index in [2.05, 4.69) is 0 Å². The number of nitrogens with two attached hydrogens (primary N) is 1. The van der Waals surface area contributed by atoms with Crippen molar-refractivity contribution in [1.82, 2.24) is 0 Å². The van der Waals surface area contributed by atoms with Crippen molar-refractivity contribution in [2.45, 2.75) is 6.42 Å². The van der Waals surface area contributed by atoms with Crippen LogP contribution in [-0.2, 0) is 20.7 Å². The number of ether oxygens (including phenoxy) is 2. The number of rotatable bonds is 5. The fourth-order valence-corrected chi connectivity index (χ4v) is 1.69. The van der Waals surface area contributed by atoms with Crippen LogP contribution in [0.5, 0.6) is 5.75 Å². The Bertz CT molecular complexity index is 617. The molecule has 0 fully saturated rings. The maximum absolute atomic E-state index is 11.5. The first kappa shape index (κ1) is 12.9. The Morgan fingerprint density at radius 2 is 2.16 bits per heavy atom. The largest absolute Gasteiger partial charge is 0.497 e. The summed E-state index contributed by atoms with van der Waals surface area (Å²) in [4.78, 5) is 22.0. The van der Waals surface area contributed by atoms with E-state index in [1.54, 1.807) is 25.3 Å². The van der Waals surface area contributed by atoms with Gasteiger partial charge < -0.3 is 19.6 Å². The lowest BCUT2D eigenvalue weighted by molar-refractivity contribution is -0.147. The third-order valence-electron chi connectivity index (χ3n) is 2.57. The highest BCUT2D eigenvalue weighted by atomic mass is 16.5. The molecule has 6 nitrogen and oxygen atoms in total. The maximum Gasteiger partial charge on any atom is 0.310 e. The second kappa shape index (κ2) is 5.43. The summed E-state index contributed by atoms with van der Waals surface area (Å²) >= 11 is 0. The number of furan rings is 1. The molecule has 0 saturated heterocycles. The van der Waals surface area contributed by atoms with Gasteiger partial charge in [-0.05, 0) is 12.1 Å². The summed E-state index contributed by atoms with van der Waals surface area (Å²) in [6.45, 7) is -0.414. The fraction of sp³-hybridized carbons (Fsp3) is 0.231. The molecule has 0 radical (unpaired) electrons. The van der Waals surface area contributed by atoms with Gasteiger partial charge in [-0.15, -0.1) is 0 Å². The molecule has 0 saturated carbocycles. The minimum absolute atomic E-state index is 0.0204. The van der Waals surface area contributed by atoms with Gasteiger partial charge in [0.2, 0.25) is 0 Å². The second-order valence-corrected chi connectivity index (χ2v) is 3.93. The molecule has 0 aliphatic carbocycles. The number of methoxy groups -OCH3 is 1. The summed E-state index contributed by atoms with van der Waals surface area (Å²) in [5.41, 5.74) is 6.20. The normalized spacial score (nSPS) is 10.4. The van der Waals surface area contributed by atoms with Crippen molar-refractivity contribution in [2.24, 2.45) is 5.73 Å². The highest BCUT2D eigenvalue weighted by Gasteiger charge is 2.12. The van der Waals surface area contributed by atoms with Gasteiger partial charge in [-0.2, -0.15) is 0 Å². The van der Waals surface area contributed by atoms with E-state index in [0.29, 0.717) is 16.9 Å². The van der Waals surface area contributed by atoms with Gasteiger partial charge in [-0.25, -0.2) is 0 Å². The summed E-state index contributed by atoms with van der Waals surface area (Å²) < 4.78 is 15.1. The van der Waals surface area contributed by atoms with Crippen molar-refractivity contribution in [3.8, 4) is 5.75 Å². The third-order valence-corrected chi connectivity index (χ3v) is 2.57. The van der Waals surface area contributed by atoms with Crippen LogP contribution in [0.1, 0.15) is 5.56 Å². The van der Waals surface area contributed by atoms with Crippen LogP contribution in [0.3, 0.4) is 0 Å². The van der Waals surface area contributed by atoms with Crippen LogP contribution in [0, 0.1) is 0 Å². The Morgan fingerprint density at radius 1 is 1.37 bits per heavy atom. The zero-order valence-corrected chi connectivity index (χ0v) is 10.3. The minimum Gasteiger partial charge on any atom is -0.497 e. The van der Waals surface area contributed by atoms with E-state index in [-0.39, 0.29) is 6.42 Å². The molecule has 0 aliphatic heterocycles. The van der Waals surface area contributed by atoms with Gasteiger partial charge in [-0.3, -0.25) is 9.59 Å². The maximum atomic E-state index is 11.5. The highest BCUT2D eigenvalue weighted by Crippen LogP contribution is 2.25. The van der Waals surface area contributed by atoms with Gasteiger partial charge in [0.25, 0.3) is 5.91 Å². The topological polar surface area (TPSA) is 91.8 Å². The van der Waals surface area contributed by atoms with Crippen LogP contribution in [0.25, 0.3) is 11.0 Å². The van der Waals surface area contributed by atoms with E-state index < -0.39 is 18.5 Å². The van der Waals surface area contributed by atoms with Crippen LogP contribution >= 0.6 is 0 Å². The van der Waals surface area contributed by atoms with E-state index in [9.17, 15) is 9.59 Å². The Hall–Kier alpha value is -2.50. The predicted octanol–water partition coefficient (Wildman–Crippen LogP) is 1.01. The first-order valence-corrected chi connectivity index (χ1v) is 5.58. The van der Waals surface area contributed by atoms with E-state index in [0.717, 1.165) is 5.39 Å². The molecule has 2 rings (SSSR count). The smallest absolute Gasteiger partial charge is 0.310 e. The lowest BCUT2D eigenvalue weighted by atomic mass is 10.1. The number of hydrogen-bond donors (Lipinski definition) is 1. The Labute approximate surface area is 109 Å². The molecule has 1 amide bonds. The number of benzene rings is 1. The number of carbonyl (C=O) groups excluding carboxylic acids is 2. The van der Waals surface area contributed by atoms with Crippen LogP contribution in [0.2, 0.25) is 0 Å². The van der Waals surface area contributed by atoms with Crippen molar-refractivity contribution in [1.29, 1.82) is 0 Å². The lowest BCUT2D eigenvalue weighted by Gasteiger charge is -2.01. The molecule has 0 unspecified atom stereocenters. The molecule has 6 heteroatoms. The Balaban J connectivity index is 2.13. The molecule has 100 valence electrons. The SMILES string of the molecule is COc1ccc2c(CC(=O)OCC(N)=O)coc2c1. The standard InChI is InChI=1S/C13H13NO5/c1-17-9-2-3-10-8(6-18-11(10)5-9)4-13(16)19-7-12(14)15/h2-3,5-6H,4,7H2,1H3,(H2,14,15). The van der Waals surface area contributed by atoms with Gasteiger partial charge in [0.1, 0.15) is 11.3 Å². The van der Waals surface area contributed by atoms with Crippen molar-refractivity contribution >= 4 is 22.8 Å². The number of amides is 1. The molecular weight excluding hydrogens is 250 g/mol. The summed E-state index contributed by atoms with van der Waals surface area (Å²) in [5, 5.41) is 0.803. The molecular formula is C13H13NO5. The van der Waals surface area contributed by atoms with Gasteiger partial charge in [0, 0.05) is 17.0 Å². The van der Waals surface area contributed by atoms with E-state index in [4.69, 9.17) is 19.6 Å². The minimum atomic E-state index is -0.685. The van der Waals surface area contributed by atoms with Gasteiger partial charge in [-0.1, -0.05) is 0 Å².